The van der Waals surface area contributed by atoms with Crippen molar-refractivity contribution in [3.05, 3.63) is 0 Å². The van der Waals surface area contributed by atoms with Crippen LogP contribution in [0.1, 0.15) is 12.8 Å². The lowest BCUT2D eigenvalue weighted by atomic mass is 9.99. The number of carbonyl (C=O) groups is 1. The lowest BCUT2D eigenvalue weighted by Crippen LogP contribution is -2.60. The van der Waals surface area contributed by atoms with Gasteiger partial charge >= 0.3 is 0 Å². The Morgan fingerprint density at radius 3 is 2.55 bits per heavy atom. The van der Waals surface area contributed by atoms with Gasteiger partial charge in [0, 0.05) is 0 Å². The Kier molecular flexibility index (Phi) is 2.84. The fourth-order valence-electron chi connectivity index (χ4n) is 1.43. The Morgan fingerprint density at radius 2 is 2.09 bits per heavy atom. The van der Waals surface area contributed by atoms with Crippen LogP contribution < -0.4 is 16.0 Å². The van der Waals surface area contributed by atoms with Crippen LogP contribution in [0.25, 0.3) is 0 Å². The summed E-state index contributed by atoms with van der Waals surface area (Å²) >= 11 is 0. The van der Waals surface area contributed by atoms with Gasteiger partial charge in [-0.05, 0) is 33.0 Å². The van der Waals surface area contributed by atoms with Crippen LogP contribution in [0.3, 0.4) is 0 Å². The molecule has 0 saturated carbocycles. The maximum Gasteiger partial charge on any atom is 0.208 e. The van der Waals surface area contributed by atoms with E-state index in [1.54, 1.807) is 0 Å². The molecule has 1 aliphatic heterocycles. The van der Waals surface area contributed by atoms with Crippen molar-refractivity contribution in [1.29, 1.82) is 0 Å². The number of piperidine rings is 1. The molecule has 0 radical (unpaired) electrons. The van der Waals surface area contributed by atoms with E-state index >= 15 is 0 Å². The SMILES string of the molecule is CNC1(NC=O)CCNCC1. The number of amides is 1. The number of hydrogen-bond donors (Lipinski definition) is 3. The molecule has 1 heterocycles. The van der Waals surface area contributed by atoms with Crippen molar-refractivity contribution in [2.24, 2.45) is 0 Å². The van der Waals surface area contributed by atoms with Gasteiger partial charge in [-0.2, -0.15) is 0 Å². The lowest BCUT2D eigenvalue weighted by molar-refractivity contribution is -0.111. The molecule has 0 atom stereocenters. The van der Waals surface area contributed by atoms with E-state index in [2.05, 4.69) is 16.0 Å². The molecule has 3 N–H and O–H groups in total. The van der Waals surface area contributed by atoms with Gasteiger partial charge in [0.1, 0.15) is 0 Å². The molecule has 1 amide bonds. The number of carbonyl (C=O) groups excluding carboxylic acids is 1. The summed E-state index contributed by atoms with van der Waals surface area (Å²) < 4.78 is 0. The average Bonchev–Trinajstić information content (AvgIpc) is 2.07. The van der Waals surface area contributed by atoms with Crippen molar-refractivity contribution in [3.8, 4) is 0 Å². The van der Waals surface area contributed by atoms with Crippen molar-refractivity contribution in [2.75, 3.05) is 20.1 Å². The number of rotatable bonds is 3. The van der Waals surface area contributed by atoms with Gasteiger partial charge in [-0.25, -0.2) is 0 Å². The maximum absolute atomic E-state index is 10.3. The molecule has 4 nitrogen and oxygen atoms in total. The molecule has 1 aliphatic rings. The molecule has 0 aromatic rings. The molecule has 0 spiro atoms. The second kappa shape index (κ2) is 3.69. The smallest absolute Gasteiger partial charge is 0.208 e. The first-order valence-electron chi connectivity index (χ1n) is 3.94. The molecule has 1 rings (SSSR count). The van der Waals surface area contributed by atoms with E-state index in [-0.39, 0.29) is 5.66 Å². The summed E-state index contributed by atoms with van der Waals surface area (Å²) in [5, 5.41) is 9.19. The molecule has 0 unspecified atom stereocenters. The molecule has 1 saturated heterocycles. The van der Waals surface area contributed by atoms with E-state index in [1.165, 1.54) is 0 Å². The summed E-state index contributed by atoms with van der Waals surface area (Å²) in [4.78, 5) is 10.3. The summed E-state index contributed by atoms with van der Waals surface area (Å²) in [6.45, 7) is 1.92. The predicted molar refractivity (Wildman–Crippen MR) is 43.1 cm³/mol. The maximum atomic E-state index is 10.3. The van der Waals surface area contributed by atoms with Gasteiger partial charge in [-0.3, -0.25) is 10.1 Å². The van der Waals surface area contributed by atoms with Crippen molar-refractivity contribution in [3.63, 3.8) is 0 Å². The van der Waals surface area contributed by atoms with Crippen LogP contribution in [0.2, 0.25) is 0 Å². The van der Waals surface area contributed by atoms with Crippen molar-refractivity contribution >= 4 is 6.41 Å². The van der Waals surface area contributed by atoms with Gasteiger partial charge in [0.2, 0.25) is 6.41 Å². The summed E-state index contributed by atoms with van der Waals surface area (Å²) in [7, 11) is 1.88. The van der Waals surface area contributed by atoms with E-state index in [4.69, 9.17) is 0 Å². The molecule has 1 fully saturated rings. The molecule has 4 heteroatoms. The fourth-order valence-corrected chi connectivity index (χ4v) is 1.43. The van der Waals surface area contributed by atoms with Gasteiger partial charge < -0.3 is 10.6 Å². The Morgan fingerprint density at radius 1 is 1.45 bits per heavy atom. The minimum absolute atomic E-state index is 0.160. The summed E-state index contributed by atoms with van der Waals surface area (Å²) in [5.41, 5.74) is -0.160. The zero-order valence-corrected chi connectivity index (χ0v) is 6.81. The van der Waals surface area contributed by atoms with Gasteiger partial charge in [0.25, 0.3) is 0 Å². The van der Waals surface area contributed by atoms with Crippen LogP contribution in [0.4, 0.5) is 0 Å². The molecule has 0 aromatic carbocycles. The highest BCUT2D eigenvalue weighted by atomic mass is 16.1. The van der Waals surface area contributed by atoms with Crippen molar-refractivity contribution in [1.82, 2.24) is 16.0 Å². The zero-order valence-electron chi connectivity index (χ0n) is 6.81. The highest BCUT2D eigenvalue weighted by Gasteiger charge is 2.28. The predicted octanol–water partition coefficient (Wildman–Crippen LogP) is -0.968. The van der Waals surface area contributed by atoms with Gasteiger partial charge in [0.05, 0.1) is 5.66 Å². The summed E-state index contributed by atoms with van der Waals surface area (Å²) in [5.74, 6) is 0. The van der Waals surface area contributed by atoms with Crippen LogP contribution in [0, 0.1) is 0 Å². The Balaban J connectivity index is 2.49. The third-order valence-electron chi connectivity index (χ3n) is 2.27. The van der Waals surface area contributed by atoms with Gasteiger partial charge in [-0.1, -0.05) is 0 Å². The average molecular weight is 157 g/mol. The molecule has 0 aliphatic carbocycles. The second-order valence-corrected chi connectivity index (χ2v) is 2.84. The fraction of sp³-hybridized carbons (Fsp3) is 0.857. The lowest BCUT2D eigenvalue weighted by Gasteiger charge is -2.36. The van der Waals surface area contributed by atoms with Gasteiger partial charge in [0.15, 0.2) is 0 Å². The standard InChI is InChI=1S/C7H15N3O/c1-8-7(10-6-11)2-4-9-5-3-7/h6,8-9H,2-5H2,1H3,(H,10,11). The highest BCUT2D eigenvalue weighted by Crippen LogP contribution is 2.12. The molecule has 11 heavy (non-hydrogen) atoms. The van der Waals surface area contributed by atoms with E-state index in [1.807, 2.05) is 7.05 Å². The molecule has 0 bridgehead atoms. The molecule has 0 aromatic heterocycles. The molecule has 64 valence electrons. The number of hydrogen-bond acceptors (Lipinski definition) is 3. The first-order valence-corrected chi connectivity index (χ1v) is 3.94. The minimum Gasteiger partial charge on any atom is -0.341 e. The van der Waals surface area contributed by atoms with Gasteiger partial charge in [-0.15, -0.1) is 0 Å². The van der Waals surface area contributed by atoms with Crippen LogP contribution in [-0.4, -0.2) is 32.2 Å². The van der Waals surface area contributed by atoms with E-state index in [9.17, 15) is 4.79 Å². The largest absolute Gasteiger partial charge is 0.341 e. The molecular weight excluding hydrogens is 142 g/mol. The second-order valence-electron chi connectivity index (χ2n) is 2.84. The number of nitrogens with one attached hydrogen (secondary N) is 3. The third-order valence-corrected chi connectivity index (χ3v) is 2.27. The van der Waals surface area contributed by atoms with Crippen LogP contribution in [-0.2, 0) is 4.79 Å². The third kappa shape index (κ3) is 1.91. The normalized spacial score (nSPS) is 22.6. The van der Waals surface area contributed by atoms with Crippen LogP contribution in [0.15, 0.2) is 0 Å². The van der Waals surface area contributed by atoms with E-state index < -0.39 is 0 Å². The Hall–Kier alpha value is -0.610. The minimum atomic E-state index is -0.160. The molecular formula is C7H15N3O. The van der Waals surface area contributed by atoms with E-state index in [0.717, 1.165) is 32.3 Å². The Bertz CT molecular complexity index is 132. The zero-order chi connectivity index (χ0) is 8.16. The topological polar surface area (TPSA) is 53.2 Å². The Labute approximate surface area is 66.7 Å². The van der Waals surface area contributed by atoms with E-state index in [0.29, 0.717) is 0 Å². The quantitative estimate of drug-likeness (QED) is 0.365. The summed E-state index contributed by atoms with van der Waals surface area (Å²) in [6, 6.07) is 0. The summed E-state index contributed by atoms with van der Waals surface area (Å²) in [6.07, 6.45) is 2.66. The monoisotopic (exact) mass is 157 g/mol. The highest BCUT2D eigenvalue weighted by molar-refractivity contribution is 5.47. The van der Waals surface area contributed by atoms with Crippen molar-refractivity contribution in [2.45, 2.75) is 18.5 Å². The van der Waals surface area contributed by atoms with Crippen LogP contribution >= 0.6 is 0 Å². The first-order chi connectivity index (χ1) is 5.33. The van der Waals surface area contributed by atoms with Crippen LogP contribution in [0.5, 0.6) is 0 Å². The first kappa shape index (κ1) is 8.49. The van der Waals surface area contributed by atoms with Crippen molar-refractivity contribution < 1.29 is 4.79 Å².